The number of aromatic nitrogens is 1. The number of aryl methyl sites for hydroxylation is 2. The molecule has 0 spiro atoms. The smallest absolute Gasteiger partial charge is 0.228 e. The number of pyridine rings is 1. The minimum Gasteiger partial charge on any atom is -0.454 e. The van der Waals surface area contributed by atoms with Gasteiger partial charge in [0.1, 0.15) is 18.2 Å². The van der Waals surface area contributed by atoms with Gasteiger partial charge in [-0.3, -0.25) is 0 Å². The predicted molar refractivity (Wildman–Crippen MR) is 152 cm³/mol. The molecular weight excluding hydrogens is 466 g/mol. The summed E-state index contributed by atoms with van der Waals surface area (Å²) in [5.41, 5.74) is 5.63. The molecule has 0 atom stereocenters. The van der Waals surface area contributed by atoms with Crippen molar-refractivity contribution < 1.29 is 9.30 Å². The number of benzene rings is 2. The summed E-state index contributed by atoms with van der Waals surface area (Å²) in [5, 5.41) is 4.05. The van der Waals surface area contributed by atoms with Crippen molar-refractivity contribution in [3.63, 3.8) is 0 Å². The maximum absolute atomic E-state index is 7.09. The lowest BCUT2D eigenvalue weighted by molar-refractivity contribution is -0.659. The van der Waals surface area contributed by atoms with E-state index in [9.17, 15) is 0 Å². The number of fused-ring (bicyclic) bond motifs is 5. The number of hydrogen-bond acceptors (Lipinski definition) is 3. The van der Waals surface area contributed by atoms with Crippen molar-refractivity contribution in [2.75, 3.05) is 0 Å². The van der Waals surface area contributed by atoms with Crippen molar-refractivity contribution in [3.8, 4) is 22.8 Å². The van der Waals surface area contributed by atoms with Crippen LogP contribution in [0.15, 0.2) is 36.5 Å². The van der Waals surface area contributed by atoms with E-state index in [-0.39, 0.29) is 10.8 Å². The van der Waals surface area contributed by atoms with Crippen LogP contribution in [0.2, 0.25) is 0 Å². The molecule has 35 heavy (non-hydrogen) atoms. The normalized spacial score (nSPS) is 13.6. The first-order valence-corrected chi connectivity index (χ1v) is 14.2. The molecule has 2 nitrogen and oxygen atoms in total. The van der Waals surface area contributed by atoms with Gasteiger partial charge in [0.2, 0.25) is 5.69 Å². The van der Waals surface area contributed by atoms with Crippen LogP contribution in [0.25, 0.3) is 41.5 Å². The van der Waals surface area contributed by atoms with Gasteiger partial charge in [0.25, 0.3) is 0 Å². The number of ether oxygens (including phenoxy) is 1. The van der Waals surface area contributed by atoms with Crippen LogP contribution in [-0.2, 0) is 19.9 Å². The van der Waals surface area contributed by atoms with Crippen LogP contribution >= 0.6 is 22.7 Å². The number of hydrogen-bond donors (Lipinski definition) is 0. The van der Waals surface area contributed by atoms with E-state index in [1.807, 2.05) is 22.7 Å². The molecule has 0 unspecified atom stereocenters. The zero-order chi connectivity index (χ0) is 24.9. The topological polar surface area (TPSA) is 13.1 Å². The van der Waals surface area contributed by atoms with Gasteiger partial charge in [-0.25, -0.2) is 4.57 Å². The summed E-state index contributed by atoms with van der Waals surface area (Å²) >= 11 is 3.83. The molecule has 4 heteroatoms. The SMILES string of the molecule is Cc1c2c(c(CC(C)(C)C)c3sc4ccccc4c13)Oc1c(CC(C)(C)C)sc3cc[n+](C)c-2c13. The van der Waals surface area contributed by atoms with Crippen LogP contribution in [0.5, 0.6) is 11.5 Å². The van der Waals surface area contributed by atoms with Gasteiger partial charge in [-0.15, -0.1) is 22.7 Å². The van der Waals surface area contributed by atoms with E-state index in [2.05, 4.69) is 96.6 Å². The van der Waals surface area contributed by atoms with Gasteiger partial charge in [0.15, 0.2) is 11.9 Å². The molecule has 0 fully saturated rings. The molecule has 0 radical (unpaired) electrons. The first-order valence-electron chi connectivity index (χ1n) is 12.5. The summed E-state index contributed by atoms with van der Waals surface area (Å²) < 4.78 is 13.5. The lowest BCUT2D eigenvalue weighted by Crippen LogP contribution is -2.31. The standard InChI is InChI=1S/C31H34NOS2/c1-17-23-18-11-9-10-12-20(18)35-29(23)19(15-30(2,3)4)27-24(17)26-25-21(13-14-32(26)8)34-22(28(25)33-27)16-31(5,6)7/h9-14H,15-16H2,1-8H3/q+1. The van der Waals surface area contributed by atoms with Gasteiger partial charge in [0, 0.05) is 36.7 Å². The molecule has 1 aliphatic heterocycles. The minimum atomic E-state index is 0.146. The number of thiophene rings is 2. The third-order valence-electron chi connectivity index (χ3n) is 6.96. The number of nitrogens with zero attached hydrogens (tertiary/aromatic N) is 1. The lowest BCUT2D eigenvalue weighted by atomic mass is 9.83. The molecule has 0 aliphatic carbocycles. The van der Waals surface area contributed by atoms with Gasteiger partial charge in [-0.1, -0.05) is 59.7 Å². The highest BCUT2D eigenvalue weighted by Gasteiger charge is 2.37. The number of rotatable bonds is 2. The third-order valence-corrected chi connectivity index (χ3v) is 9.33. The highest BCUT2D eigenvalue weighted by Crippen LogP contribution is 2.57. The monoisotopic (exact) mass is 500 g/mol. The highest BCUT2D eigenvalue weighted by atomic mass is 32.1. The first-order chi connectivity index (χ1) is 16.4. The van der Waals surface area contributed by atoms with E-state index >= 15 is 0 Å². The molecule has 0 N–H and O–H groups in total. The molecule has 0 saturated carbocycles. The first kappa shape index (κ1) is 23.0. The fourth-order valence-corrected chi connectivity index (χ4v) is 8.36. The molecule has 1 aliphatic rings. The molecule has 6 rings (SSSR count). The summed E-state index contributed by atoms with van der Waals surface area (Å²) in [6.07, 6.45) is 4.22. The van der Waals surface area contributed by atoms with E-state index in [1.165, 1.54) is 57.5 Å². The molecule has 2 aromatic carbocycles. The van der Waals surface area contributed by atoms with E-state index in [0.717, 1.165) is 24.3 Å². The molecule has 5 aromatic rings. The molecule has 180 valence electrons. The summed E-state index contributed by atoms with van der Waals surface area (Å²) in [4.78, 5) is 1.36. The Morgan fingerprint density at radius 1 is 0.829 bits per heavy atom. The zero-order valence-corrected chi connectivity index (χ0v) is 23.7. The molecule has 0 saturated heterocycles. The van der Waals surface area contributed by atoms with Crippen molar-refractivity contribution in [3.05, 3.63) is 52.5 Å². The van der Waals surface area contributed by atoms with Crippen molar-refractivity contribution in [2.45, 2.75) is 61.3 Å². The maximum Gasteiger partial charge on any atom is 0.228 e. The quantitative estimate of drug-likeness (QED) is 0.216. The lowest BCUT2D eigenvalue weighted by Gasteiger charge is -2.27. The second-order valence-electron chi connectivity index (χ2n) is 12.6. The average Bonchev–Trinajstić information content (AvgIpc) is 3.30. The van der Waals surface area contributed by atoms with Gasteiger partial charge < -0.3 is 4.74 Å². The van der Waals surface area contributed by atoms with E-state index in [1.54, 1.807) is 0 Å². The summed E-state index contributed by atoms with van der Waals surface area (Å²) in [6.45, 7) is 16.3. The largest absolute Gasteiger partial charge is 0.454 e. The summed E-state index contributed by atoms with van der Waals surface area (Å²) in [6, 6.07) is 11.1. The molecular formula is C31H34NOS2+. The van der Waals surface area contributed by atoms with Crippen molar-refractivity contribution in [1.29, 1.82) is 0 Å². The molecule has 0 amide bonds. The third kappa shape index (κ3) is 3.60. The Kier molecular flexibility index (Phi) is 4.95. The van der Waals surface area contributed by atoms with Crippen LogP contribution in [0.1, 0.15) is 57.5 Å². The average molecular weight is 501 g/mol. The Bertz CT molecular complexity index is 1650. The summed E-state index contributed by atoms with van der Waals surface area (Å²) in [5.74, 6) is 2.18. The highest BCUT2D eigenvalue weighted by molar-refractivity contribution is 7.26. The van der Waals surface area contributed by atoms with Crippen LogP contribution < -0.4 is 9.30 Å². The molecule has 4 heterocycles. The van der Waals surface area contributed by atoms with Gasteiger partial charge in [0.05, 0.1) is 10.3 Å². The van der Waals surface area contributed by atoms with E-state index < -0.39 is 0 Å². The second kappa shape index (κ2) is 7.54. The fraction of sp³-hybridized carbons (Fsp3) is 0.387. The van der Waals surface area contributed by atoms with Gasteiger partial charge in [-0.2, -0.15) is 0 Å². The van der Waals surface area contributed by atoms with E-state index in [0.29, 0.717) is 0 Å². The summed E-state index contributed by atoms with van der Waals surface area (Å²) in [7, 11) is 2.19. The Morgan fingerprint density at radius 2 is 1.54 bits per heavy atom. The van der Waals surface area contributed by atoms with E-state index in [4.69, 9.17) is 4.74 Å². The zero-order valence-electron chi connectivity index (χ0n) is 22.1. The van der Waals surface area contributed by atoms with Crippen LogP contribution in [0.4, 0.5) is 0 Å². The van der Waals surface area contributed by atoms with Crippen LogP contribution in [-0.4, -0.2) is 0 Å². The van der Waals surface area contributed by atoms with Crippen molar-refractivity contribution in [2.24, 2.45) is 17.9 Å². The Morgan fingerprint density at radius 3 is 2.26 bits per heavy atom. The Balaban J connectivity index is 1.78. The molecule has 3 aromatic heterocycles. The van der Waals surface area contributed by atoms with Gasteiger partial charge in [-0.05, 0) is 42.2 Å². The maximum atomic E-state index is 7.09. The van der Waals surface area contributed by atoms with Crippen molar-refractivity contribution >= 4 is 52.9 Å². The fourth-order valence-electron chi connectivity index (χ4n) is 5.63. The Labute approximate surface area is 216 Å². The Hall–Kier alpha value is -2.43. The minimum absolute atomic E-state index is 0.146. The predicted octanol–water partition coefficient (Wildman–Crippen LogP) is 9.35. The molecule has 0 bridgehead atoms. The van der Waals surface area contributed by atoms with Crippen LogP contribution in [0.3, 0.4) is 0 Å². The van der Waals surface area contributed by atoms with Crippen LogP contribution in [0, 0.1) is 17.8 Å². The van der Waals surface area contributed by atoms with Crippen molar-refractivity contribution in [1.82, 2.24) is 0 Å². The van der Waals surface area contributed by atoms with Gasteiger partial charge >= 0.3 is 0 Å². The second-order valence-corrected chi connectivity index (χ2v) is 14.7.